The third-order valence-electron chi connectivity index (χ3n) is 13.7. The maximum absolute atomic E-state index is 2.60. The van der Waals surface area contributed by atoms with Gasteiger partial charge in [0.25, 0.3) is 0 Å². The van der Waals surface area contributed by atoms with Crippen LogP contribution in [0.25, 0.3) is 99.5 Å². The minimum atomic E-state index is 0.0769. The van der Waals surface area contributed by atoms with Crippen molar-refractivity contribution in [1.82, 2.24) is 9.13 Å². The van der Waals surface area contributed by atoms with Crippen molar-refractivity contribution in [3.05, 3.63) is 224 Å². The average Bonchev–Trinajstić information content (AvgIpc) is 3.88. The largest absolute Gasteiger partial charge is 0.310 e. The molecule has 2 nitrogen and oxygen atoms in total. The lowest BCUT2D eigenvalue weighted by atomic mass is 9.35. The number of benzene rings is 10. The quantitative estimate of drug-likeness (QED) is 0.157. The lowest BCUT2D eigenvalue weighted by molar-refractivity contribution is 1.12. The van der Waals surface area contributed by atoms with Gasteiger partial charge >= 0.3 is 0 Å². The summed E-state index contributed by atoms with van der Waals surface area (Å²) in [5.74, 6) is 0. The molecule has 2 aliphatic heterocycles. The third-order valence-corrected chi connectivity index (χ3v) is 14.9. The molecule has 0 bridgehead atoms. The van der Waals surface area contributed by atoms with Gasteiger partial charge in [-0.2, -0.15) is 0 Å². The summed E-state index contributed by atoms with van der Waals surface area (Å²) in [5, 5.41) is 5.05. The molecule has 2 aromatic heterocycles. The highest BCUT2D eigenvalue weighted by atomic mass is 32.2. The summed E-state index contributed by atoms with van der Waals surface area (Å²) in [7, 11) is 0. The van der Waals surface area contributed by atoms with Gasteiger partial charge in [0.15, 0.2) is 0 Å². The highest BCUT2D eigenvalue weighted by Gasteiger charge is 2.40. The zero-order valence-electron chi connectivity index (χ0n) is 34.7. The van der Waals surface area contributed by atoms with Crippen molar-refractivity contribution in [2.45, 2.75) is 9.79 Å². The maximum atomic E-state index is 2.60. The molecule has 14 rings (SSSR count). The van der Waals surface area contributed by atoms with E-state index in [-0.39, 0.29) is 6.71 Å². The van der Waals surface area contributed by atoms with Crippen LogP contribution in [0.2, 0.25) is 0 Å². The molecule has 12 aromatic rings. The Hall–Kier alpha value is -7.79. The summed E-state index contributed by atoms with van der Waals surface area (Å²) in [6.45, 7) is 0.0769. The number of hydrogen-bond acceptors (Lipinski definition) is 1. The first kappa shape index (κ1) is 35.8. The lowest BCUT2D eigenvalue weighted by Gasteiger charge is -2.34. The zero-order valence-corrected chi connectivity index (χ0v) is 35.6. The summed E-state index contributed by atoms with van der Waals surface area (Å²) in [6, 6.07) is 83.4. The van der Waals surface area contributed by atoms with Crippen LogP contribution in [0, 0.1) is 0 Å². The van der Waals surface area contributed by atoms with E-state index in [2.05, 4.69) is 234 Å². The topological polar surface area (TPSA) is 9.86 Å². The molecule has 0 spiro atoms. The molecule has 4 heterocycles. The van der Waals surface area contributed by atoms with Crippen molar-refractivity contribution in [2.75, 3.05) is 0 Å². The summed E-state index contributed by atoms with van der Waals surface area (Å²) >= 11 is 1.92. The van der Waals surface area contributed by atoms with Crippen molar-refractivity contribution >= 4 is 78.5 Å². The summed E-state index contributed by atoms with van der Waals surface area (Å²) in [4.78, 5) is 2.62. The van der Waals surface area contributed by atoms with E-state index in [1.165, 1.54) is 126 Å². The van der Waals surface area contributed by atoms with Crippen LogP contribution < -0.4 is 16.4 Å². The first-order valence-corrected chi connectivity index (χ1v) is 22.9. The molecule has 64 heavy (non-hydrogen) atoms. The second-order valence-corrected chi connectivity index (χ2v) is 18.3. The fourth-order valence-electron chi connectivity index (χ4n) is 10.9. The van der Waals surface area contributed by atoms with Crippen LogP contribution in [-0.2, 0) is 0 Å². The number of nitrogens with zero attached hydrogens (tertiary/aromatic N) is 2. The summed E-state index contributed by atoms with van der Waals surface area (Å²) in [5.41, 5.74) is 21.3. The van der Waals surface area contributed by atoms with Gasteiger partial charge in [-0.25, -0.2) is 0 Å². The SMILES string of the molecule is c1ccc(-c2ccc3c(c2)c2cc(-c4ccccc4)ccc2n3-c2cc3c4c(c2)-n2c5ccc(-c6ccccc6)cc5c5cc(-c6ccccc6)cc(c52)B4c2ccccc2S3)cc1. The first-order chi connectivity index (χ1) is 31.7. The fourth-order valence-corrected chi connectivity index (χ4v) is 12.1. The van der Waals surface area contributed by atoms with Crippen LogP contribution in [0.4, 0.5) is 0 Å². The summed E-state index contributed by atoms with van der Waals surface area (Å²) < 4.78 is 5.12. The predicted octanol–water partition coefficient (Wildman–Crippen LogP) is 13.8. The van der Waals surface area contributed by atoms with Crippen LogP contribution in [0.3, 0.4) is 0 Å². The Labute approximate surface area is 375 Å². The van der Waals surface area contributed by atoms with Gasteiger partial charge in [0.05, 0.1) is 16.6 Å². The van der Waals surface area contributed by atoms with E-state index in [0.717, 1.165) is 0 Å². The Kier molecular flexibility index (Phi) is 7.75. The maximum Gasteiger partial charge on any atom is 0.249 e. The van der Waals surface area contributed by atoms with Crippen LogP contribution in [0.1, 0.15) is 0 Å². The molecule has 0 amide bonds. The van der Waals surface area contributed by atoms with Gasteiger partial charge in [0, 0.05) is 48.2 Å². The number of fused-ring (bicyclic) bond motifs is 10. The molecular weight excluding hydrogens is 792 g/mol. The Bertz CT molecular complexity index is 3760. The van der Waals surface area contributed by atoms with Gasteiger partial charge in [-0.15, -0.1) is 0 Å². The molecular formula is C60H37BN2S. The van der Waals surface area contributed by atoms with Gasteiger partial charge in [-0.1, -0.05) is 181 Å². The fraction of sp³-hybridized carbons (Fsp3) is 0. The van der Waals surface area contributed by atoms with Crippen LogP contribution >= 0.6 is 11.8 Å². The zero-order chi connectivity index (χ0) is 41.9. The molecule has 4 heteroatoms. The second kappa shape index (κ2) is 13.9. The van der Waals surface area contributed by atoms with Gasteiger partial charge in [0.1, 0.15) is 0 Å². The Morgan fingerprint density at radius 1 is 0.312 bits per heavy atom. The Morgan fingerprint density at radius 3 is 1.31 bits per heavy atom. The van der Waals surface area contributed by atoms with Crippen LogP contribution in [0.15, 0.2) is 234 Å². The molecule has 0 N–H and O–H groups in total. The smallest absolute Gasteiger partial charge is 0.249 e. The molecule has 0 saturated heterocycles. The highest BCUT2D eigenvalue weighted by molar-refractivity contribution is 8.00. The van der Waals surface area contributed by atoms with Gasteiger partial charge in [-0.05, 0) is 116 Å². The molecule has 0 aliphatic carbocycles. The number of aromatic nitrogens is 2. The van der Waals surface area contributed by atoms with E-state index < -0.39 is 0 Å². The van der Waals surface area contributed by atoms with Crippen molar-refractivity contribution in [1.29, 1.82) is 0 Å². The Morgan fingerprint density at radius 2 is 0.766 bits per heavy atom. The van der Waals surface area contributed by atoms with E-state index in [0.29, 0.717) is 0 Å². The van der Waals surface area contributed by atoms with Crippen molar-refractivity contribution in [3.63, 3.8) is 0 Å². The predicted molar refractivity (Wildman–Crippen MR) is 272 cm³/mol. The minimum Gasteiger partial charge on any atom is -0.310 e. The van der Waals surface area contributed by atoms with Crippen molar-refractivity contribution < 1.29 is 0 Å². The summed E-state index contributed by atoms with van der Waals surface area (Å²) in [6.07, 6.45) is 0. The second-order valence-electron chi connectivity index (χ2n) is 17.2. The first-order valence-electron chi connectivity index (χ1n) is 22.1. The average molecular weight is 829 g/mol. The number of hydrogen-bond donors (Lipinski definition) is 0. The number of rotatable bonds is 5. The van der Waals surface area contributed by atoms with E-state index in [4.69, 9.17) is 0 Å². The van der Waals surface area contributed by atoms with Crippen LogP contribution in [0.5, 0.6) is 0 Å². The van der Waals surface area contributed by atoms with Gasteiger partial charge in [-0.3, -0.25) is 0 Å². The molecule has 10 aromatic carbocycles. The standard InChI is InChI=1S/C60H37BN2S/c1-5-15-38(16-6-1)42-25-28-53-47(31-42)48-32-43(39-17-7-2-8-18-39)26-29-54(48)62(53)46-36-56-59-58(37-46)64-57-24-14-13-23-51(57)61(59)52-35-45(41-21-11-4-12-22-41)34-50-49-33-44(40-19-9-3-10-20-40)27-30-55(49)63(56)60(50)52/h1-37H. The molecule has 0 saturated carbocycles. The van der Waals surface area contributed by atoms with E-state index >= 15 is 0 Å². The highest BCUT2D eigenvalue weighted by Crippen LogP contribution is 2.44. The minimum absolute atomic E-state index is 0.0769. The van der Waals surface area contributed by atoms with Crippen molar-refractivity contribution in [3.8, 4) is 55.9 Å². The van der Waals surface area contributed by atoms with Crippen molar-refractivity contribution in [2.24, 2.45) is 0 Å². The monoisotopic (exact) mass is 828 g/mol. The van der Waals surface area contributed by atoms with E-state index in [9.17, 15) is 0 Å². The molecule has 296 valence electrons. The molecule has 2 aliphatic rings. The van der Waals surface area contributed by atoms with Gasteiger partial charge < -0.3 is 9.13 Å². The molecule has 0 atom stereocenters. The normalized spacial score (nSPS) is 12.6. The van der Waals surface area contributed by atoms with Gasteiger partial charge in [0.2, 0.25) is 6.71 Å². The van der Waals surface area contributed by atoms with E-state index in [1.807, 2.05) is 11.8 Å². The van der Waals surface area contributed by atoms with Crippen LogP contribution in [-0.4, -0.2) is 15.8 Å². The third kappa shape index (κ3) is 5.30. The Balaban J connectivity index is 1.08. The molecule has 0 fully saturated rings. The van der Waals surface area contributed by atoms with E-state index in [1.54, 1.807) is 0 Å². The lowest BCUT2D eigenvalue weighted by Crippen LogP contribution is -2.58. The molecule has 0 unspecified atom stereocenters. The molecule has 0 radical (unpaired) electrons.